The maximum absolute atomic E-state index is 12.2. The summed E-state index contributed by atoms with van der Waals surface area (Å²) in [6, 6.07) is 22.9. The number of benzene rings is 3. The van der Waals surface area contributed by atoms with E-state index in [1.807, 2.05) is 48.5 Å². The van der Waals surface area contributed by atoms with Crippen molar-refractivity contribution in [3.8, 4) is 0 Å². The average molecular weight is 624 g/mol. The minimum atomic E-state index is -2.09. The van der Waals surface area contributed by atoms with Gasteiger partial charge in [0.25, 0.3) is 9.70 Å². The van der Waals surface area contributed by atoms with Crippen molar-refractivity contribution in [3.63, 3.8) is 0 Å². The molecule has 1 fully saturated rings. The Morgan fingerprint density at radius 2 is 1.82 bits per heavy atom. The molecular weight excluding hydrogens is 599 g/mol. The molecule has 4 atom stereocenters. The van der Waals surface area contributed by atoms with Gasteiger partial charge in [0.05, 0.1) is 29.0 Å². The summed E-state index contributed by atoms with van der Waals surface area (Å²) in [5.41, 5.74) is 3.98. The molecule has 4 aromatic rings. The van der Waals surface area contributed by atoms with Crippen LogP contribution in [-0.2, 0) is 20.9 Å². The lowest BCUT2D eigenvalue weighted by molar-refractivity contribution is -0.268. The molecule has 1 aromatic heterocycles. The van der Waals surface area contributed by atoms with E-state index >= 15 is 0 Å². The van der Waals surface area contributed by atoms with Crippen molar-refractivity contribution in [1.82, 2.24) is 4.98 Å². The van der Waals surface area contributed by atoms with Gasteiger partial charge in [0.15, 0.2) is 10.6 Å². The number of para-hydroxylation sites is 1. The Kier molecular flexibility index (Phi) is 9.05. The van der Waals surface area contributed by atoms with Crippen LogP contribution < -0.4 is 5.32 Å². The number of anilines is 1. The topological polar surface area (TPSA) is 80.7 Å². The van der Waals surface area contributed by atoms with E-state index in [1.54, 1.807) is 41.3 Å². The molecule has 39 heavy (non-hydrogen) atoms. The number of aliphatic hydroxyl groups is 1. The lowest BCUT2D eigenvalue weighted by Gasteiger charge is -2.41. The number of aliphatic hydroxyl groups excluding tert-OH is 1. The first-order valence-electron chi connectivity index (χ1n) is 12.2. The normalized spacial score (nSPS) is 21.7. The van der Waals surface area contributed by atoms with E-state index in [4.69, 9.17) is 49.3 Å². The molecule has 0 spiro atoms. The van der Waals surface area contributed by atoms with Gasteiger partial charge in [0.2, 0.25) is 0 Å². The van der Waals surface area contributed by atoms with Crippen LogP contribution in [0.2, 0.25) is 0 Å². The first kappa shape index (κ1) is 28.6. The average Bonchev–Trinajstić information content (AvgIpc) is 3.35. The van der Waals surface area contributed by atoms with E-state index in [-0.39, 0.29) is 24.7 Å². The number of fused-ring (bicyclic) bond motifs is 1. The molecule has 2 heterocycles. The number of hydrogen-bond acceptors (Lipinski definition) is 7. The Labute approximate surface area is 249 Å². The van der Waals surface area contributed by atoms with Crippen LogP contribution in [0.1, 0.15) is 36.0 Å². The number of hydrogen-bond donors (Lipinski definition) is 2. The van der Waals surface area contributed by atoms with E-state index < -0.39 is 16.0 Å². The number of carbonyl (C=O) groups excluding carboxylic acids is 1. The second-order valence-corrected chi connectivity index (χ2v) is 13.7. The standard InChI is InChI=1S/C28H25Cl3N2O4S2/c1-16-22(15-38-27-33-21-7-2-3-8-23(21)39-27)36-25(37-24(16)18-11-9-17(14-34)10-12-18)19-5-4-6-20(13-19)32-26(35)28(29,30)31/h2-13,16,22,24-25,34H,14-15H2,1H3,(H,32,35)/t16-,22+,24+,25+/m1/s1. The molecule has 204 valence electrons. The van der Waals surface area contributed by atoms with Crippen LogP contribution in [0.5, 0.6) is 0 Å². The van der Waals surface area contributed by atoms with Crippen LogP contribution >= 0.6 is 57.9 Å². The lowest BCUT2D eigenvalue weighted by Crippen LogP contribution is -2.38. The van der Waals surface area contributed by atoms with E-state index in [0.29, 0.717) is 11.4 Å². The summed E-state index contributed by atoms with van der Waals surface area (Å²) in [5, 5.41) is 12.1. The predicted molar refractivity (Wildman–Crippen MR) is 159 cm³/mol. The van der Waals surface area contributed by atoms with Gasteiger partial charge >= 0.3 is 0 Å². The highest BCUT2D eigenvalue weighted by molar-refractivity contribution is 8.01. The van der Waals surface area contributed by atoms with Gasteiger partial charge < -0.3 is 19.9 Å². The molecule has 0 bridgehead atoms. The lowest BCUT2D eigenvalue weighted by atomic mass is 9.91. The molecule has 1 saturated heterocycles. The number of carbonyl (C=O) groups is 1. The maximum Gasteiger partial charge on any atom is 0.276 e. The van der Waals surface area contributed by atoms with Gasteiger partial charge in [-0.15, -0.1) is 11.3 Å². The van der Waals surface area contributed by atoms with Crippen LogP contribution in [0.4, 0.5) is 5.69 Å². The summed E-state index contributed by atoms with van der Waals surface area (Å²) in [6.07, 6.45) is -1.13. The third kappa shape index (κ3) is 6.89. The van der Waals surface area contributed by atoms with E-state index in [1.165, 1.54) is 0 Å². The number of alkyl halides is 3. The molecule has 2 N–H and O–H groups in total. The monoisotopic (exact) mass is 622 g/mol. The number of thioether (sulfide) groups is 1. The van der Waals surface area contributed by atoms with Gasteiger partial charge in [-0.2, -0.15) is 0 Å². The zero-order valence-corrected chi connectivity index (χ0v) is 24.6. The van der Waals surface area contributed by atoms with Gasteiger partial charge in [0.1, 0.15) is 0 Å². The summed E-state index contributed by atoms with van der Waals surface area (Å²) in [4.78, 5) is 16.9. The Morgan fingerprint density at radius 3 is 2.54 bits per heavy atom. The highest BCUT2D eigenvalue weighted by atomic mass is 35.6. The summed E-state index contributed by atoms with van der Waals surface area (Å²) < 4.78 is 13.1. The molecule has 0 aliphatic carbocycles. The van der Waals surface area contributed by atoms with Crippen LogP contribution in [0.15, 0.2) is 77.1 Å². The molecule has 1 amide bonds. The SMILES string of the molecule is C[C@@H]1[C@H](CSc2nc3ccccc3s2)O[C@H](c2cccc(NC(=O)C(Cl)(Cl)Cl)c2)O[C@@H]1c1ccc(CO)cc1. The Hall–Kier alpha value is -1.88. The smallest absolute Gasteiger partial charge is 0.276 e. The Morgan fingerprint density at radius 1 is 1.05 bits per heavy atom. The minimum absolute atomic E-state index is 0.0235. The van der Waals surface area contributed by atoms with Crippen molar-refractivity contribution in [2.24, 2.45) is 5.92 Å². The van der Waals surface area contributed by atoms with Crippen molar-refractivity contribution in [2.75, 3.05) is 11.1 Å². The highest BCUT2D eigenvalue weighted by Gasteiger charge is 2.39. The molecule has 6 nitrogen and oxygen atoms in total. The maximum atomic E-state index is 12.2. The molecular formula is C28H25Cl3N2O4S2. The fourth-order valence-electron chi connectivity index (χ4n) is 4.34. The largest absolute Gasteiger partial charge is 0.392 e. The van der Waals surface area contributed by atoms with Crippen molar-refractivity contribution < 1.29 is 19.4 Å². The van der Waals surface area contributed by atoms with Gasteiger partial charge in [0, 0.05) is 22.9 Å². The summed E-state index contributed by atoms with van der Waals surface area (Å²) in [5.74, 6) is -0.0541. The first-order valence-corrected chi connectivity index (χ1v) is 15.1. The zero-order chi connectivity index (χ0) is 27.6. The molecule has 0 radical (unpaired) electrons. The number of aromatic nitrogens is 1. The minimum Gasteiger partial charge on any atom is -0.392 e. The fraction of sp³-hybridized carbons (Fsp3) is 0.286. The summed E-state index contributed by atoms with van der Waals surface area (Å²) in [6.45, 7) is 2.09. The molecule has 11 heteroatoms. The van der Waals surface area contributed by atoms with Crippen LogP contribution in [0, 0.1) is 5.92 Å². The van der Waals surface area contributed by atoms with E-state index in [9.17, 15) is 9.90 Å². The Bertz CT molecular complexity index is 1410. The van der Waals surface area contributed by atoms with Crippen molar-refractivity contribution in [1.29, 1.82) is 0 Å². The third-order valence-electron chi connectivity index (χ3n) is 6.44. The number of amides is 1. The number of ether oxygens (including phenoxy) is 2. The molecule has 0 saturated carbocycles. The number of thiazole rings is 1. The first-order chi connectivity index (χ1) is 18.7. The van der Waals surface area contributed by atoms with Gasteiger partial charge in [-0.25, -0.2) is 4.98 Å². The van der Waals surface area contributed by atoms with Gasteiger partial charge in [-0.1, -0.05) is 102 Å². The van der Waals surface area contributed by atoms with Crippen molar-refractivity contribution >= 4 is 79.7 Å². The van der Waals surface area contributed by atoms with Crippen molar-refractivity contribution in [2.45, 2.75) is 40.2 Å². The Balaban J connectivity index is 1.40. The molecule has 1 aliphatic heterocycles. The van der Waals surface area contributed by atoms with E-state index in [2.05, 4.69) is 18.3 Å². The van der Waals surface area contributed by atoms with Gasteiger partial charge in [-0.05, 0) is 35.4 Å². The summed E-state index contributed by atoms with van der Waals surface area (Å²) in [7, 11) is 0. The van der Waals surface area contributed by atoms with Crippen LogP contribution in [0.25, 0.3) is 10.2 Å². The van der Waals surface area contributed by atoms with Crippen LogP contribution in [0.3, 0.4) is 0 Å². The highest BCUT2D eigenvalue weighted by Crippen LogP contribution is 2.44. The van der Waals surface area contributed by atoms with E-state index in [0.717, 1.165) is 31.2 Å². The zero-order valence-electron chi connectivity index (χ0n) is 20.7. The second kappa shape index (κ2) is 12.3. The number of rotatable bonds is 7. The third-order valence-corrected chi connectivity index (χ3v) is 9.23. The van der Waals surface area contributed by atoms with Crippen molar-refractivity contribution in [3.05, 3.63) is 89.5 Å². The molecule has 0 unspecified atom stereocenters. The summed E-state index contributed by atoms with van der Waals surface area (Å²) >= 11 is 20.5. The van der Waals surface area contributed by atoms with Gasteiger partial charge in [-0.3, -0.25) is 4.79 Å². The number of nitrogens with zero attached hydrogens (tertiary/aromatic N) is 1. The quantitative estimate of drug-likeness (QED) is 0.162. The number of halogens is 3. The molecule has 3 aromatic carbocycles. The number of nitrogens with one attached hydrogen (secondary N) is 1. The molecule has 1 aliphatic rings. The second-order valence-electron chi connectivity index (χ2n) is 9.16. The predicted octanol–water partition coefficient (Wildman–Crippen LogP) is 7.68. The molecule has 5 rings (SSSR count). The fourth-order valence-corrected chi connectivity index (χ4v) is 6.74. The van der Waals surface area contributed by atoms with Crippen LogP contribution in [-0.4, -0.2) is 31.6 Å².